The number of hydrogen-bond donors (Lipinski definition) is 1. The summed E-state index contributed by atoms with van der Waals surface area (Å²) in [6.07, 6.45) is 8.16. The third-order valence-electron chi connectivity index (χ3n) is 3.54. The molecule has 0 unspecified atom stereocenters. The number of benzene rings is 2. The van der Waals surface area contributed by atoms with E-state index in [0.717, 1.165) is 22.8 Å². The van der Waals surface area contributed by atoms with Gasteiger partial charge in [0.15, 0.2) is 0 Å². The summed E-state index contributed by atoms with van der Waals surface area (Å²) in [4.78, 5) is 1.79. The Morgan fingerprint density at radius 1 is 0.818 bits per heavy atom. The van der Waals surface area contributed by atoms with Crippen molar-refractivity contribution in [1.82, 2.24) is 5.53 Å². The van der Waals surface area contributed by atoms with E-state index < -0.39 is 0 Å². The van der Waals surface area contributed by atoms with Crippen LogP contribution in [0.3, 0.4) is 0 Å². The Morgan fingerprint density at radius 2 is 1.45 bits per heavy atom. The Hall–Kier alpha value is -3.14. The van der Waals surface area contributed by atoms with Crippen molar-refractivity contribution in [3.8, 4) is 0 Å². The highest BCUT2D eigenvalue weighted by atomic mass is 15.8. The summed E-state index contributed by atoms with van der Waals surface area (Å²) < 4.78 is 0. The number of anilines is 1. The standard InChI is InChI=1S/C18H15N4/c1-3-11-16(12-4-1)21-18(15-9-7-8-10-15)19-22(20-21)17-13-5-2-6-14-17/h1-14H,(H,19,20)/q+1. The first kappa shape index (κ1) is 12.6. The Balaban J connectivity index is 1.80. The van der Waals surface area contributed by atoms with Crippen LogP contribution in [0.2, 0.25) is 0 Å². The van der Waals surface area contributed by atoms with E-state index in [9.17, 15) is 0 Å². The minimum atomic E-state index is 0.875. The van der Waals surface area contributed by atoms with Gasteiger partial charge in [0.2, 0.25) is 5.82 Å². The Bertz CT molecular complexity index is 787. The fraction of sp³-hybridized carbons (Fsp3) is 0. The molecule has 0 atom stereocenters. The van der Waals surface area contributed by atoms with E-state index in [1.807, 2.05) is 65.7 Å². The molecule has 4 heteroatoms. The zero-order chi connectivity index (χ0) is 14.8. The van der Waals surface area contributed by atoms with Gasteiger partial charge in [-0.1, -0.05) is 66.2 Å². The molecule has 0 bridgehead atoms. The van der Waals surface area contributed by atoms with Gasteiger partial charge in [-0.05, 0) is 12.1 Å². The number of allylic oxidation sites excluding steroid dienone is 5. The highest BCUT2D eigenvalue weighted by Crippen LogP contribution is 2.28. The first-order valence-electron chi connectivity index (χ1n) is 7.19. The Morgan fingerprint density at radius 3 is 2.14 bits per heavy atom. The van der Waals surface area contributed by atoms with Crippen LogP contribution in [-0.2, 0) is 0 Å². The van der Waals surface area contributed by atoms with Gasteiger partial charge in [-0.3, -0.25) is 0 Å². The number of hydrazine groups is 2. The van der Waals surface area contributed by atoms with Gasteiger partial charge in [-0.2, -0.15) is 5.01 Å². The van der Waals surface area contributed by atoms with E-state index in [0.29, 0.717) is 0 Å². The Labute approximate surface area is 129 Å². The lowest BCUT2D eigenvalue weighted by Crippen LogP contribution is -2.35. The van der Waals surface area contributed by atoms with E-state index >= 15 is 0 Å². The van der Waals surface area contributed by atoms with Gasteiger partial charge in [-0.15, -0.1) is 0 Å². The smallest absolute Gasteiger partial charge is 0.181 e. The molecule has 1 aliphatic heterocycles. The molecule has 2 aromatic rings. The third kappa shape index (κ3) is 2.20. The van der Waals surface area contributed by atoms with E-state index in [1.165, 1.54) is 0 Å². The predicted molar refractivity (Wildman–Crippen MR) is 86.2 cm³/mol. The molecular weight excluding hydrogens is 272 g/mol. The van der Waals surface area contributed by atoms with Gasteiger partial charge >= 0.3 is 0 Å². The van der Waals surface area contributed by atoms with Crippen LogP contribution in [-0.4, -0.2) is 4.81 Å². The molecule has 4 nitrogen and oxygen atoms in total. The Kier molecular flexibility index (Phi) is 3.05. The number of rotatable bonds is 2. The summed E-state index contributed by atoms with van der Waals surface area (Å²) in [5.41, 5.74) is 6.44. The summed E-state index contributed by atoms with van der Waals surface area (Å²) in [7, 11) is 0. The normalized spacial score (nSPS) is 16.2. The van der Waals surface area contributed by atoms with Gasteiger partial charge in [-0.25, -0.2) is 0 Å². The molecule has 1 N–H and O–H groups in total. The maximum atomic E-state index is 4.72. The van der Waals surface area contributed by atoms with Crippen molar-refractivity contribution < 1.29 is 4.81 Å². The number of azo groups is 1. The maximum absolute atomic E-state index is 4.72. The molecule has 0 saturated heterocycles. The molecule has 4 rings (SSSR count). The summed E-state index contributed by atoms with van der Waals surface area (Å²) in [6.45, 7) is 0. The third-order valence-corrected chi connectivity index (χ3v) is 3.54. The van der Waals surface area contributed by atoms with Gasteiger partial charge in [0, 0.05) is 17.7 Å². The number of nitrogens with zero attached hydrogens (tertiary/aromatic N) is 3. The van der Waals surface area contributed by atoms with Gasteiger partial charge in [0.25, 0.3) is 5.69 Å². The molecule has 1 aliphatic carbocycles. The van der Waals surface area contributed by atoms with E-state index in [2.05, 4.69) is 29.8 Å². The van der Waals surface area contributed by atoms with E-state index in [4.69, 9.17) is 5.11 Å². The van der Waals surface area contributed by atoms with Crippen LogP contribution in [0.1, 0.15) is 0 Å². The maximum Gasteiger partial charge on any atom is 0.267 e. The highest BCUT2D eigenvalue weighted by Gasteiger charge is 2.31. The molecule has 0 radical (unpaired) electrons. The van der Waals surface area contributed by atoms with E-state index in [-0.39, 0.29) is 0 Å². The molecule has 0 fully saturated rings. The zero-order valence-corrected chi connectivity index (χ0v) is 11.9. The van der Waals surface area contributed by atoms with E-state index in [1.54, 1.807) is 4.81 Å². The molecule has 106 valence electrons. The van der Waals surface area contributed by atoms with Crippen molar-refractivity contribution in [2.24, 2.45) is 5.11 Å². The van der Waals surface area contributed by atoms with Gasteiger partial charge < -0.3 is 0 Å². The van der Waals surface area contributed by atoms with Crippen LogP contribution in [0.4, 0.5) is 11.4 Å². The second-order valence-electron chi connectivity index (χ2n) is 5.02. The van der Waals surface area contributed by atoms with Crippen LogP contribution in [0.15, 0.2) is 101 Å². The fourth-order valence-electron chi connectivity index (χ4n) is 2.46. The van der Waals surface area contributed by atoms with Crippen LogP contribution < -0.4 is 10.5 Å². The van der Waals surface area contributed by atoms with Crippen LogP contribution in [0.5, 0.6) is 0 Å². The van der Waals surface area contributed by atoms with Crippen molar-refractivity contribution in [2.45, 2.75) is 0 Å². The van der Waals surface area contributed by atoms with Crippen molar-refractivity contribution in [3.05, 3.63) is 96.4 Å². The zero-order valence-electron chi connectivity index (χ0n) is 11.9. The van der Waals surface area contributed by atoms with Crippen LogP contribution in [0, 0.1) is 0 Å². The molecule has 1 heterocycles. The fourth-order valence-corrected chi connectivity index (χ4v) is 2.46. The number of hydrogen-bond acceptors (Lipinski definition) is 3. The van der Waals surface area contributed by atoms with Crippen molar-refractivity contribution >= 4 is 11.4 Å². The average Bonchev–Trinajstić information content (AvgIpc) is 3.26. The largest absolute Gasteiger partial charge is 0.267 e. The summed E-state index contributed by atoms with van der Waals surface area (Å²) in [5, 5.41) is 6.71. The highest BCUT2D eigenvalue weighted by molar-refractivity contribution is 5.55. The second-order valence-corrected chi connectivity index (χ2v) is 5.02. The predicted octanol–water partition coefficient (Wildman–Crippen LogP) is 4.06. The lowest BCUT2D eigenvalue weighted by atomic mass is 10.2. The molecule has 2 aliphatic rings. The lowest BCUT2D eigenvalue weighted by molar-refractivity contribution is -0.558. The molecule has 22 heavy (non-hydrogen) atoms. The average molecular weight is 287 g/mol. The monoisotopic (exact) mass is 287 g/mol. The van der Waals surface area contributed by atoms with Crippen molar-refractivity contribution in [1.29, 1.82) is 0 Å². The topological polar surface area (TPSA) is 30.6 Å². The molecule has 0 aromatic heterocycles. The minimum Gasteiger partial charge on any atom is -0.181 e. The molecule has 0 spiro atoms. The molecule has 2 aromatic carbocycles. The summed E-state index contributed by atoms with van der Waals surface area (Å²) >= 11 is 0. The van der Waals surface area contributed by atoms with Crippen LogP contribution >= 0.6 is 0 Å². The number of para-hydroxylation sites is 2. The second kappa shape index (κ2) is 5.33. The SMILES string of the molecule is C1=CC(=C2N=[N+](c3ccccc3)NN2c2ccccc2)C=C1. The summed E-state index contributed by atoms with van der Waals surface area (Å²) in [6, 6.07) is 20.2. The van der Waals surface area contributed by atoms with Gasteiger partial charge in [0.05, 0.1) is 15.6 Å². The lowest BCUT2D eigenvalue weighted by Gasteiger charge is -2.14. The molecular formula is C18H15N4+. The number of nitrogens with one attached hydrogen (secondary N) is 1. The first-order chi connectivity index (χ1) is 10.9. The first-order valence-corrected chi connectivity index (χ1v) is 7.19. The minimum absolute atomic E-state index is 0.875. The molecule has 0 amide bonds. The van der Waals surface area contributed by atoms with Crippen molar-refractivity contribution in [3.63, 3.8) is 0 Å². The van der Waals surface area contributed by atoms with Crippen molar-refractivity contribution in [2.75, 3.05) is 5.01 Å². The molecule has 0 saturated carbocycles. The summed E-state index contributed by atoms with van der Waals surface area (Å²) in [5.74, 6) is 0.875. The van der Waals surface area contributed by atoms with Crippen LogP contribution in [0.25, 0.3) is 0 Å². The quantitative estimate of drug-likeness (QED) is 0.844. The van der Waals surface area contributed by atoms with Gasteiger partial charge in [0.1, 0.15) is 0 Å².